The van der Waals surface area contributed by atoms with Crippen LogP contribution in [0.1, 0.15) is 12.6 Å². The van der Waals surface area contributed by atoms with Crippen molar-refractivity contribution in [3.63, 3.8) is 0 Å². The number of benzene rings is 1. The summed E-state index contributed by atoms with van der Waals surface area (Å²) in [5.74, 6) is -0.498. The Morgan fingerprint density at radius 3 is 2.48 bits per heavy atom. The number of halogens is 6. The summed E-state index contributed by atoms with van der Waals surface area (Å²) in [5.41, 5.74) is -0.842. The highest BCUT2D eigenvalue weighted by molar-refractivity contribution is 7.99. The molecule has 1 amide bonds. The lowest BCUT2D eigenvalue weighted by Crippen LogP contribution is -2.15. The number of thioether (sulfide) groups is 1. The van der Waals surface area contributed by atoms with Gasteiger partial charge in [0.2, 0.25) is 5.91 Å². The average molecular weight is 514 g/mol. The zero-order valence-electron chi connectivity index (χ0n) is 16.0. The van der Waals surface area contributed by atoms with Gasteiger partial charge in [0.25, 0.3) is 0 Å². The van der Waals surface area contributed by atoms with Gasteiger partial charge >= 0.3 is 6.18 Å². The van der Waals surface area contributed by atoms with Crippen molar-refractivity contribution >= 4 is 58.2 Å². The molecule has 0 fully saturated rings. The van der Waals surface area contributed by atoms with E-state index in [0.717, 1.165) is 22.6 Å². The minimum Gasteiger partial charge on any atom is -0.324 e. The minimum absolute atomic E-state index is 0.0124. The number of rotatable bonds is 6. The van der Waals surface area contributed by atoms with Gasteiger partial charge in [-0.2, -0.15) is 18.3 Å². The fraction of sp³-hybridized carbons (Fsp3) is 0.294. The quantitative estimate of drug-likeness (QED) is 0.352. The van der Waals surface area contributed by atoms with Gasteiger partial charge in [-0.15, -0.1) is 10.2 Å². The molecule has 3 rings (SSSR count). The lowest BCUT2D eigenvalue weighted by atomic mass is 10.2. The van der Waals surface area contributed by atoms with Gasteiger partial charge in [-0.25, -0.2) is 0 Å². The standard InChI is InChI=1S/C17H14Cl3F3N6OS/c1-3-29-15(8-6-24-28(2)14(8)17(21,22)23)26-27-16(29)31-7-13(30)25-12-5-10(19)9(18)4-11(12)20/h4-6H,3,7H2,1-2H3,(H,25,30). The summed E-state index contributed by atoms with van der Waals surface area (Å²) in [7, 11) is 1.20. The first-order valence-electron chi connectivity index (χ1n) is 8.62. The van der Waals surface area contributed by atoms with Crippen molar-refractivity contribution in [3.05, 3.63) is 39.1 Å². The number of amides is 1. The van der Waals surface area contributed by atoms with E-state index in [0.29, 0.717) is 0 Å². The van der Waals surface area contributed by atoms with E-state index in [9.17, 15) is 18.0 Å². The van der Waals surface area contributed by atoms with Gasteiger partial charge < -0.3 is 9.88 Å². The largest absolute Gasteiger partial charge is 0.433 e. The molecular formula is C17H14Cl3F3N6OS. The highest BCUT2D eigenvalue weighted by Gasteiger charge is 2.39. The molecule has 0 unspecified atom stereocenters. The van der Waals surface area contributed by atoms with E-state index in [-0.39, 0.29) is 49.6 Å². The maximum Gasteiger partial charge on any atom is 0.433 e. The normalized spacial score (nSPS) is 11.7. The number of carbonyl (C=O) groups excluding carboxylic acids is 1. The van der Waals surface area contributed by atoms with Crippen molar-refractivity contribution in [1.82, 2.24) is 24.5 Å². The number of aryl methyl sites for hydroxylation is 1. The van der Waals surface area contributed by atoms with Crippen molar-refractivity contribution in [1.29, 1.82) is 0 Å². The molecule has 31 heavy (non-hydrogen) atoms. The van der Waals surface area contributed by atoms with Crippen LogP contribution in [0.4, 0.5) is 18.9 Å². The summed E-state index contributed by atoms with van der Waals surface area (Å²) in [5, 5.41) is 15.1. The van der Waals surface area contributed by atoms with Crippen molar-refractivity contribution in [2.24, 2.45) is 7.05 Å². The van der Waals surface area contributed by atoms with E-state index in [2.05, 4.69) is 20.6 Å². The van der Waals surface area contributed by atoms with Crippen LogP contribution in [0.5, 0.6) is 0 Å². The second-order valence-electron chi connectivity index (χ2n) is 6.16. The van der Waals surface area contributed by atoms with Crippen LogP contribution in [-0.4, -0.2) is 36.2 Å². The summed E-state index contributed by atoms with van der Waals surface area (Å²) < 4.78 is 42.5. The lowest BCUT2D eigenvalue weighted by molar-refractivity contribution is -0.143. The van der Waals surface area contributed by atoms with Gasteiger partial charge in [0, 0.05) is 13.6 Å². The van der Waals surface area contributed by atoms with E-state index in [4.69, 9.17) is 34.8 Å². The van der Waals surface area contributed by atoms with E-state index >= 15 is 0 Å². The number of hydrogen-bond acceptors (Lipinski definition) is 5. The Hall–Kier alpha value is -1.95. The third-order valence-corrected chi connectivity index (χ3v) is 6.10. The Bertz CT molecular complexity index is 1130. The molecule has 2 aromatic heterocycles. The molecule has 0 atom stereocenters. The molecular weight excluding hydrogens is 500 g/mol. The molecule has 1 aromatic carbocycles. The SMILES string of the molecule is CCn1c(SCC(=O)Nc2cc(Cl)c(Cl)cc2Cl)nnc1-c1cnn(C)c1C(F)(F)F. The Labute approximate surface area is 193 Å². The molecule has 0 bridgehead atoms. The predicted octanol–water partition coefficient (Wildman–Crippen LogP) is 5.41. The highest BCUT2D eigenvalue weighted by atomic mass is 35.5. The van der Waals surface area contributed by atoms with Crippen molar-refractivity contribution in [3.8, 4) is 11.4 Å². The predicted molar refractivity (Wildman–Crippen MR) is 114 cm³/mol. The van der Waals surface area contributed by atoms with Gasteiger partial charge in [0.15, 0.2) is 16.7 Å². The summed E-state index contributed by atoms with van der Waals surface area (Å²) in [4.78, 5) is 12.3. The molecule has 0 aliphatic carbocycles. The zero-order chi connectivity index (χ0) is 22.9. The fourth-order valence-corrected chi connectivity index (χ4v) is 4.15. The average Bonchev–Trinajstić information content (AvgIpc) is 3.26. The Morgan fingerprint density at radius 2 is 1.84 bits per heavy atom. The van der Waals surface area contributed by atoms with Gasteiger partial charge in [-0.05, 0) is 19.1 Å². The molecule has 166 valence electrons. The number of anilines is 1. The van der Waals surface area contributed by atoms with Crippen LogP contribution >= 0.6 is 46.6 Å². The molecule has 0 aliphatic rings. The van der Waals surface area contributed by atoms with E-state index in [1.807, 2.05) is 0 Å². The van der Waals surface area contributed by atoms with Gasteiger partial charge in [0.05, 0.1) is 38.3 Å². The molecule has 0 saturated heterocycles. The third kappa shape index (κ3) is 5.11. The minimum atomic E-state index is -4.61. The van der Waals surface area contributed by atoms with Crippen molar-refractivity contribution < 1.29 is 18.0 Å². The first kappa shape index (κ1) is 23.7. The Balaban J connectivity index is 1.78. The second-order valence-corrected chi connectivity index (χ2v) is 8.33. The molecule has 2 heterocycles. The smallest absolute Gasteiger partial charge is 0.324 e. The molecule has 0 aliphatic heterocycles. The van der Waals surface area contributed by atoms with Crippen LogP contribution in [0.25, 0.3) is 11.4 Å². The number of hydrogen-bond donors (Lipinski definition) is 1. The van der Waals surface area contributed by atoms with Crippen molar-refractivity contribution in [2.75, 3.05) is 11.1 Å². The third-order valence-electron chi connectivity index (χ3n) is 4.10. The molecule has 0 saturated carbocycles. The monoisotopic (exact) mass is 512 g/mol. The second kappa shape index (κ2) is 9.27. The van der Waals surface area contributed by atoms with E-state index in [1.54, 1.807) is 6.92 Å². The first-order chi connectivity index (χ1) is 14.5. The Kier molecular flexibility index (Phi) is 7.09. The van der Waals surface area contributed by atoms with Crippen LogP contribution in [0.2, 0.25) is 15.1 Å². The van der Waals surface area contributed by atoms with Crippen LogP contribution in [0.3, 0.4) is 0 Å². The van der Waals surface area contributed by atoms with Gasteiger partial charge in [-0.1, -0.05) is 46.6 Å². The maximum atomic E-state index is 13.4. The molecule has 0 spiro atoms. The van der Waals surface area contributed by atoms with Crippen LogP contribution in [-0.2, 0) is 24.6 Å². The number of nitrogens with zero attached hydrogens (tertiary/aromatic N) is 5. The number of carbonyl (C=O) groups is 1. The van der Waals surface area contributed by atoms with E-state index < -0.39 is 17.8 Å². The summed E-state index contributed by atoms with van der Waals surface area (Å²) in [6.45, 7) is 2.02. The molecule has 0 radical (unpaired) electrons. The highest BCUT2D eigenvalue weighted by Crippen LogP contribution is 2.37. The van der Waals surface area contributed by atoms with Crippen LogP contribution in [0.15, 0.2) is 23.5 Å². The van der Waals surface area contributed by atoms with E-state index in [1.165, 1.54) is 23.7 Å². The van der Waals surface area contributed by atoms with Gasteiger partial charge in [-0.3, -0.25) is 9.48 Å². The number of aromatic nitrogens is 5. The molecule has 1 N–H and O–H groups in total. The molecule has 14 heteroatoms. The van der Waals surface area contributed by atoms with Crippen LogP contribution < -0.4 is 5.32 Å². The fourth-order valence-electron chi connectivity index (χ4n) is 2.75. The Morgan fingerprint density at radius 1 is 1.16 bits per heavy atom. The maximum absolute atomic E-state index is 13.4. The first-order valence-corrected chi connectivity index (χ1v) is 10.7. The topological polar surface area (TPSA) is 77.6 Å². The number of nitrogens with one attached hydrogen (secondary N) is 1. The van der Waals surface area contributed by atoms with Crippen LogP contribution in [0, 0.1) is 0 Å². The van der Waals surface area contributed by atoms with Gasteiger partial charge in [0.1, 0.15) is 0 Å². The lowest BCUT2D eigenvalue weighted by Gasteiger charge is -2.11. The number of alkyl halides is 3. The summed E-state index contributed by atoms with van der Waals surface area (Å²) >= 11 is 18.9. The van der Waals surface area contributed by atoms with Crippen molar-refractivity contribution in [2.45, 2.75) is 24.8 Å². The molecule has 7 nitrogen and oxygen atoms in total. The summed E-state index contributed by atoms with van der Waals surface area (Å²) in [6.07, 6.45) is -3.52. The molecule has 3 aromatic rings. The summed E-state index contributed by atoms with van der Waals surface area (Å²) in [6, 6.07) is 2.82. The zero-order valence-corrected chi connectivity index (χ0v) is 19.1.